The third kappa shape index (κ3) is 11.2. The zero-order chi connectivity index (χ0) is 19.2. The summed E-state index contributed by atoms with van der Waals surface area (Å²) >= 11 is 0. The topological polar surface area (TPSA) is 66.0 Å². The Labute approximate surface area is 181 Å². The smallest absolute Gasteiger partial charge is 0.253 e. The standard InChI is InChI=1S/C20H34N4O2.HI/c1-5-21-20(22-13-7-6-8-15-26-4)23-14-12-17-10-9-11-18(16-17)19(25)24(2)3;/h9-11,16H,5-8,12-15H2,1-4H3,(H2,21,22,23);1H. The number of hydrogen-bond donors (Lipinski definition) is 2. The van der Waals surface area contributed by atoms with Crippen LogP contribution in [0.25, 0.3) is 0 Å². The molecule has 1 aromatic carbocycles. The summed E-state index contributed by atoms with van der Waals surface area (Å²) in [6.07, 6.45) is 4.11. The van der Waals surface area contributed by atoms with Crippen LogP contribution in [-0.2, 0) is 11.2 Å². The maximum atomic E-state index is 12.0. The highest BCUT2D eigenvalue weighted by Crippen LogP contribution is 2.07. The van der Waals surface area contributed by atoms with E-state index in [0.717, 1.165) is 69.0 Å². The first-order valence-corrected chi connectivity index (χ1v) is 9.40. The van der Waals surface area contributed by atoms with E-state index in [1.807, 2.05) is 24.3 Å². The van der Waals surface area contributed by atoms with Crippen LogP contribution in [-0.4, -0.2) is 64.2 Å². The van der Waals surface area contributed by atoms with Crippen LogP contribution in [0.1, 0.15) is 42.1 Å². The van der Waals surface area contributed by atoms with E-state index in [1.165, 1.54) is 0 Å². The first-order chi connectivity index (χ1) is 12.6. The van der Waals surface area contributed by atoms with E-state index in [4.69, 9.17) is 4.74 Å². The number of carbonyl (C=O) groups excluding carboxylic acids is 1. The van der Waals surface area contributed by atoms with Crippen molar-refractivity contribution in [3.8, 4) is 0 Å². The summed E-state index contributed by atoms with van der Waals surface area (Å²) in [4.78, 5) is 18.3. The van der Waals surface area contributed by atoms with E-state index >= 15 is 0 Å². The summed E-state index contributed by atoms with van der Waals surface area (Å²) in [5.41, 5.74) is 1.87. The number of aliphatic imine (C=N–C) groups is 1. The first kappa shape index (κ1) is 25.6. The minimum Gasteiger partial charge on any atom is -0.385 e. The predicted molar refractivity (Wildman–Crippen MR) is 123 cm³/mol. The zero-order valence-electron chi connectivity index (χ0n) is 17.1. The van der Waals surface area contributed by atoms with Gasteiger partial charge in [0.15, 0.2) is 5.96 Å². The van der Waals surface area contributed by atoms with Crippen molar-refractivity contribution in [3.63, 3.8) is 0 Å². The summed E-state index contributed by atoms with van der Waals surface area (Å²) < 4.78 is 5.06. The monoisotopic (exact) mass is 490 g/mol. The van der Waals surface area contributed by atoms with Crippen LogP contribution in [0, 0.1) is 0 Å². The Balaban J connectivity index is 0.00000676. The highest BCUT2D eigenvalue weighted by atomic mass is 127. The zero-order valence-corrected chi connectivity index (χ0v) is 19.4. The molecule has 1 aromatic rings. The molecule has 0 bridgehead atoms. The summed E-state index contributed by atoms with van der Waals surface area (Å²) in [5, 5.41) is 6.63. The molecule has 154 valence electrons. The molecule has 0 unspecified atom stereocenters. The van der Waals surface area contributed by atoms with Crippen molar-refractivity contribution in [2.75, 3.05) is 47.4 Å². The second kappa shape index (κ2) is 15.7. The molecule has 0 aliphatic carbocycles. The molecule has 0 aromatic heterocycles. The van der Waals surface area contributed by atoms with Crippen LogP contribution < -0.4 is 10.6 Å². The quantitative estimate of drug-likeness (QED) is 0.217. The average molecular weight is 490 g/mol. The second-order valence-corrected chi connectivity index (χ2v) is 6.39. The number of unbranched alkanes of at least 4 members (excludes halogenated alkanes) is 2. The lowest BCUT2D eigenvalue weighted by Gasteiger charge is -2.13. The molecule has 1 amide bonds. The molecule has 27 heavy (non-hydrogen) atoms. The van der Waals surface area contributed by atoms with Gasteiger partial charge in [0.05, 0.1) is 0 Å². The van der Waals surface area contributed by atoms with Gasteiger partial charge in [-0.3, -0.25) is 9.79 Å². The second-order valence-electron chi connectivity index (χ2n) is 6.39. The Bertz CT molecular complexity index is 565. The van der Waals surface area contributed by atoms with E-state index in [0.29, 0.717) is 0 Å². The molecule has 0 aliphatic rings. The maximum absolute atomic E-state index is 12.0. The number of guanidine groups is 1. The molecule has 0 aliphatic heterocycles. The fourth-order valence-corrected chi connectivity index (χ4v) is 2.51. The number of nitrogens with zero attached hydrogens (tertiary/aromatic N) is 2. The number of ether oxygens (including phenoxy) is 1. The lowest BCUT2D eigenvalue weighted by atomic mass is 10.1. The van der Waals surface area contributed by atoms with Gasteiger partial charge in [0.1, 0.15) is 0 Å². The fraction of sp³-hybridized carbons (Fsp3) is 0.600. The van der Waals surface area contributed by atoms with Crippen molar-refractivity contribution < 1.29 is 9.53 Å². The summed E-state index contributed by atoms with van der Waals surface area (Å²) in [5.74, 6) is 0.878. The van der Waals surface area contributed by atoms with Crippen LogP contribution in [0.4, 0.5) is 0 Å². The number of amides is 1. The number of methoxy groups -OCH3 is 1. The molecule has 0 saturated carbocycles. The SMILES string of the molecule is CCNC(=NCCCCCOC)NCCc1cccc(C(=O)N(C)C)c1.I. The van der Waals surface area contributed by atoms with Crippen LogP contribution in [0.2, 0.25) is 0 Å². The molecule has 1 rings (SSSR count). The maximum Gasteiger partial charge on any atom is 0.253 e. The van der Waals surface area contributed by atoms with Crippen LogP contribution in [0.15, 0.2) is 29.3 Å². The largest absolute Gasteiger partial charge is 0.385 e. The molecular formula is C20H35IN4O2. The number of rotatable bonds is 11. The van der Waals surface area contributed by atoms with Crippen molar-refractivity contribution in [2.24, 2.45) is 4.99 Å². The van der Waals surface area contributed by atoms with Gasteiger partial charge in [-0.25, -0.2) is 0 Å². The van der Waals surface area contributed by atoms with Gasteiger partial charge in [0.2, 0.25) is 0 Å². The molecule has 0 heterocycles. The van der Waals surface area contributed by atoms with Gasteiger partial charge in [-0.05, 0) is 50.3 Å². The summed E-state index contributed by atoms with van der Waals surface area (Å²) in [6.45, 7) is 5.30. The normalized spacial score (nSPS) is 10.9. The third-order valence-corrected chi connectivity index (χ3v) is 3.91. The van der Waals surface area contributed by atoms with Gasteiger partial charge in [-0.15, -0.1) is 24.0 Å². The first-order valence-electron chi connectivity index (χ1n) is 9.40. The van der Waals surface area contributed by atoms with Crippen LogP contribution >= 0.6 is 24.0 Å². The molecular weight excluding hydrogens is 455 g/mol. The Morgan fingerprint density at radius 1 is 1.19 bits per heavy atom. The Morgan fingerprint density at radius 3 is 2.63 bits per heavy atom. The molecule has 7 heteroatoms. The van der Waals surface area contributed by atoms with Gasteiger partial charge in [0, 0.05) is 53.0 Å². The molecule has 0 saturated heterocycles. The van der Waals surface area contributed by atoms with Crippen molar-refractivity contribution in [1.82, 2.24) is 15.5 Å². The van der Waals surface area contributed by atoms with Gasteiger partial charge >= 0.3 is 0 Å². The number of hydrogen-bond acceptors (Lipinski definition) is 3. The molecule has 6 nitrogen and oxygen atoms in total. The van der Waals surface area contributed by atoms with Crippen molar-refractivity contribution >= 4 is 35.8 Å². The summed E-state index contributed by atoms with van der Waals surface area (Å²) in [6, 6.07) is 7.80. The van der Waals surface area contributed by atoms with Gasteiger partial charge in [-0.2, -0.15) is 0 Å². The Kier molecular flexibility index (Phi) is 14.9. The lowest BCUT2D eigenvalue weighted by Crippen LogP contribution is -2.38. The number of nitrogens with one attached hydrogen (secondary N) is 2. The van der Waals surface area contributed by atoms with E-state index in [1.54, 1.807) is 26.1 Å². The van der Waals surface area contributed by atoms with Gasteiger partial charge < -0.3 is 20.3 Å². The number of carbonyl (C=O) groups is 1. The number of benzene rings is 1. The highest BCUT2D eigenvalue weighted by molar-refractivity contribution is 14.0. The predicted octanol–water partition coefficient (Wildman–Crippen LogP) is 2.92. The minimum atomic E-state index is 0. The van der Waals surface area contributed by atoms with Crippen molar-refractivity contribution in [3.05, 3.63) is 35.4 Å². The van der Waals surface area contributed by atoms with Gasteiger partial charge in [-0.1, -0.05) is 12.1 Å². The molecule has 0 radical (unpaired) electrons. The third-order valence-electron chi connectivity index (χ3n) is 3.91. The molecule has 0 atom stereocenters. The average Bonchev–Trinajstić information content (AvgIpc) is 2.64. The van der Waals surface area contributed by atoms with E-state index < -0.39 is 0 Å². The Hall–Kier alpha value is -1.35. The number of halogens is 1. The van der Waals surface area contributed by atoms with E-state index in [-0.39, 0.29) is 29.9 Å². The van der Waals surface area contributed by atoms with Gasteiger partial charge in [0.25, 0.3) is 5.91 Å². The molecule has 0 fully saturated rings. The van der Waals surface area contributed by atoms with Crippen molar-refractivity contribution in [1.29, 1.82) is 0 Å². The summed E-state index contributed by atoms with van der Waals surface area (Å²) in [7, 11) is 5.27. The van der Waals surface area contributed by atoms with Crippen molar-refractivity contribution in [2.45, 2.75) is 32.6 Å². The van der Waals surface area contributed by atoms with E-state index in [2.05, 4.69) is 22.5 Å². The van der Waals surface area contributed by atoms with E-state index in [9.17, 15) is 4.79 Å². The van der Waals surface area contributed by atoms with Crippen LogP contribution in [0.5, 0.6) is 0 Å². The Morgan fingerprint density at radius 2 is 1.96 bits per heavy atom. The van der Waals surface area contributed by atoms with Crippen LogP contribution in [0.3, 0.4) is 0 Å². The highest BCUT2D eigenvalue weighted by Gasteiger charge is 2.08. The lowest BCUT2D eigenvalue weighted by molar-refractivity contribution is 0.0827. The molecule has 0 spiro atoms. The fourth-order valence-electron chi connectivity index (χ4n) is 2.51. The minimum absolute atomic E-state index is 0. The molecule has 2 N–H and O–H groups in total.